The van der Waals surface area contributed by atoms with Crippen LogP contribution < -0.4 is 4.74 Å². The molecule has 0 fully saturated rings. The van der Waals surface area contributed by atoms with Crippen molar-refractivity contribution in [3.8, 4) is 17.1 Å². The molecule has 1 heterocycles. The normalized spacial score (nSPS) is 10.9. The van der Waals surface area contributed by atoms with Crippen LogP contribution >= 0.6 is 23.2 Å². The zero-order valence-corrected chi connectivity index (χ0v) is 13.0. The molecule has 0 aliphatic heterocycles. The number of halogens is 2. The Morgan fingerprint density at radius 2 is 1.86 bits per heavy atom. The monoisotopic (exact) mass is 318 g/mol. The molecule has 0 radical (unpaired) electrons. The summed E-state index contributed by atoms with van der Waals surface area (Å²) in [5.74, 6) is 1.20. The first-order valence-corrected chi connectivity index (χ1v) is 7.12. The van der Waals surface area contributed by atoms with Crippen LogP contribution in [0.25, 0.3) is 22.3 Å². The number of aryl methyl sites for hydroxylation is 1. The highest BCUT2D eigenvalue weighted by molar-refractivity contribution is 6.34. The smallest absolute Gasteiger partial charge is 0.161 e. The lowest BCUT2D eigenvalue weighted by Crippen LogP contribution is -1.96. The van der Waals surface area contributed by atoms with E-state index in [9.17, 15) is 0 Å². The number of hydrogen-bond donors (Lipinski definition) is 0. The number of ether oxygens (including phenoxy) is 1. The molecule has 3 aromatic rings. The van der Waals surface area contributed by atoms with E-state index < -0.39 is 0 Å². The van der Waals surface area contributed by atoms with Gasteiger partial charge >= 0.3 is 0 Å². The topological polar surface area (TPSA) is 35.0 Å². The van der Waals surface area contributed by atoms with Crippen molar-refractivity contribution in [3.05, 3.63) is 52.1 Å². The average molecular weight is 319 g/mol. The second-order valence-corrected chi connectivity index (χ2v) is 5.45. The van der Waals surface area contributed by atoms with Gasteiger partial charge in [-0.2, -0.15) is 0 Å². The van der Waals surface area contributed by atoms with Crippen LogP contribution in [0.5, 0.6) is 5.75 Å². The quantitative estimate of drug-likeness (QED) is 0.629. The Hall–Kier alpha value is -1.84. The molecule has 0 aliphatic rings. The van der Waals surface area contributed by atoms with Crippen molar-refractivity contribution in [2.24, 2.45) is 0 Å². The summed E-state index contributed by atoms with van der Waals surface area (Å²) in [6, 6.07) is 11.2. The molecular weight excluding hydrogens is 307 g/mol. The Kier molecular flexibility index (Phi) is 3.70. The van der Waals surface area contributed by atoms with Gasteiger partial charge < -0.3 is 4.74 Å². The van der Waals surface area contributed by atoms with Crippen LogP contribution in [-0.2, 0) is 0 Å². The Balaban J connectivity index is 2.32. The number of rotatable bonds is 2. The first kappa shape index (κ1) is 14.1. The zero-order valence-electron chi connectivity index (χ0n) is 11.5. The molecule has 3 rings (SSSR count). The van der Waals surface area contributed by atoms with E-state index in [-0.39, 0.29) is 0 Å². The fraction of sp³-hybridized carbons (Fsp3) is 0.125. The van der Waals surface area contributed by atoms with Crippen LogP contribution in [0.1, 0.15) is 5.56 Å². The number of aromatic nitrogens is 2. The van der Waals surface area contributed by atoms with Crippen LogP contribution in [0.15, 0.2) is 36.4 Å². The van der Waals surface area contributed by atoms with Crippen molar-refractivity contribution < 1.29 is 4.74 Å². The maximum absolute atomic E-state index is 6.35. The molecule has 0 bridgehead atoms. The van der Waals surface area contributed by atoms with E-state index in [0.29, 0.717) is 27.3 Å². The second kappa shape index (κ2) is 5.51. The highest BCUT2D eigenvalue weighted by Gasteiger charge is 2.13. The van der Waals surface area contributed by atoms with Crippen molar-refractivity contribution in [1.29, 1.82) is 0 Å². The molecular formula is C16H12Cl2N2O. The van der Waals surface area contributed by atoms with Gasteiger partial charge in [0.1, 0.15) is 16.4 Å². The SMILES string of the molecule is COc1ccc(C)c2c(Cl)nc(-c3cccc(Cl)c3)nc12. The third-order valence-electron chi connectivity index (χ3n) is 3.28. The van der Waals surface area contributed by atoms with Gasteiger partial charge in [-0.25, -0.2) is 9.97 Å². The molecule has 0 atom stereocenters. The largest absolute Gasteiger partial charge is 0.494 e. The summed E-state index contributed by atoms with van der Waals surface area (Å²) in [6.07, 6.45) is 0. The van der Waals surface area contributed by atoms with Gasteiger partial charge in [0.15, 0.2) is 5.82 Å². The fourth-order valence-corrected chi connectivity index (χ4v) is 2.75. The van der Waals surface area contributed by atoms with Crippen molar-refractivity contribution in [2.45, 2.75) is 6.92 Å². The molecule has 5 heteroatoms. The lowest BCUT2D eigenvalue weighted by atomic mass is 10.1. The minimum atomic E-state index is 0.409. The van der Waals surface area contributed by atoms with Gasteiger partial charge in [-0.1, -0.05) is 41.4 Å². The van der Waals surface area contributed by atoms with Crippen LogP contribution in [0, 0.1) is 6.92 Å². The van der Waals surface area contributed by atoms with Crippen LogP contribution in [0.2, 0.25) is 10.2 Å². The number of methoxy groups -OCH3 is 1. The van der Waals surface area contributed by atoms with E-state index in [2.05, 4.69) is 9.97 Å². The van der Waals surface area contributed by atoms with Crippen LogP contribution in [0.3, 0.4) is 0 Å². The predicted molar refractivity (Wildman–Crippen MR) is 86.3 cm³/mol. The predicted octanol–water partition coefficient (Wildman–Crippen LogP) is 4.92. The summed E-state index contributed by atoms with van der Waals surface area (Å²) in [5.41, 5.74) is 2.52. The van der Waals surface area contributed by atoms with Gasteiger partial charge in [0.2, 0.25) is 0 Å². The summed E-state index contributed by atoms with van der Waals surface area (Å²) >= 11 is 12.4. The molecule has 0 aliphatic carbocycles. The first-order chi connectivity index (χ1) is 10.1. The van der Waals surface area contributed by atoms with E-state index in [4.69, 9.17) is 27.9 Å². The summed E-state index contributed by atoms with van der Waals surface area (Å²) in [7, 11) is 1.61. The van der Waals surface area contributed by atoms with Gasteiger partial charge in [0.05, 0.1) is 7.11 Å². The zero-order chi connectivity index (χ0) is 15.0. The van der Waals surface area contributed by atoms with E-state index in [1.165, 1.54) is 0 Å². The number of hydrogen-bond acceptors (Lipinski definition) is 3. The van der Waals surface area contributed by atoms with E-state index >= 15 is 0 Å². The number of fused-ring (bicyclic) bond motifs is 1. The van der Waals surface area contributed by atoms with Gasteiger partial charge in [0.25, 0.3) is 0 Å². The summed E-state index contributed by atoms with van der Waals surface area (Å²) in [4.78, 5) is 8.99. The molecule has 2 aromatic carbocycles. The molecule has 21 heavy (non-hydrogen) atoms. The summed E-state index contributed by atoms with van der Waals surface area (Å²) in [6.45, 7) is 1.97. The van der Waals surface area contributed by atoms with Gasteiger partial charge in [-0.15, -0.1) is 0 Å². The number of benzene rings is 2. The fourth-order valence-electron chi connectivity index (χ4n) is 2.25. The average Bonchev–Trinajstić information content (AvgIpc) is 2.47. The molecule has 0 saturated carbocycles. The Labute approximate surface area is 132 Å². The Morgan fingerprint density at radius 1 is 1.05 bits per heavy atom. The number of nitrogens with zero attached hydrogens (tertiary/aromatic N) is 2. The molecule has 0 amide bonds. The minimum Gasteiger partial charge on any atom is -0.494 e. The molecule has 0 N–H and O–H groups in total. The summed E-state index contributed by atoms with van der Waals surface area (Å²) in [5, 5.41) is 1.84. The lowest BCUT2D eigenvalue weighted by molar-refractivity contribution is 0.419. The molecule has 106 valence electrons. The molecule has 0 saturated heterocycles. The Morgan fingerprint density at radius 3 is 2.57 bits per heavy atom. The third-order valence-corrected chi connectivity index (χ3v) is 3.79. The van der Waals surface area contributed by atoms with E-state index in [0.717, 1.165) is 16.5 Å². The molecule has 0 unspecified atom stereocenters. The van der Waals surface area contributed by atoms with Crippen LogP contribution in [-0.4, -0.2) is 17.1 Å². The van der Waals surface area contributed by atoms with Gasteiger partial charge in [-0.3, -0.25) is 0 Å². The molecule has 0 spiro atoms. The lowest BCUT2D eigenvalue weighted by Gasteiger charge is -2.10. The first-order valence-electron chi connectivity index (χ1n) is 6.37. The van der Waals surface area contributed by atoms with Crippen molar-refractivity contribution in [1.82, 2.24) is 9.97 Å². The van der Waals surface area contributed by atoms with Crippen molar-refractivity contribution in [3.63, 3.8) is 0 Å². The maximum Gasteiger partial charge on any atom is 0.161 e. The summed E-state index contributed by atoms with van der Waals surface area (Å²) < 4.78 is 5.38. The molecule has 1 aromatic heterocycles. The van der Waals surface area contributed by atoms with E-state index in [1.54, 1.807) is 19.2 Å². The minimum absolute atomic E-state index is 0.409. The van der Waals surface area contributed by atoms with Crippen molar-refractivity contribution in [2.75, 3.05) is 7.11 Å². The highest BCUT2D eigenvalue weighted by Crippen LogP contribution is 2.33. The maximum atomic E-state index is 6.35. The standard InChI is InChI=1S/C16H12Cl2N2O/c1-9-6-7-12(21-2)14-13(9)15(18)20-16(19-14)10-4-3-5-11(17)8-10/h3-8H,1-2H3. The van der Waals surface area contributed by atoms with Gasteiger partial charge in [-0.05, 0) is 30.7 Å². The van der Waals surface area contributed by atoms with Crippen LogP contribution in [0.4, 0.5) is 0 Å². The second-order valence-electron chi connectivity index (χ2n) is 4.66. The van der Waals surface area contributed by atoms with Gasteiger partial charge in [0, 0.05) is 16.0 Å². The van der Waals surface area contributed by atoms with Crippen molar-refractivity contribution >= 4 is 34.1 Å². The van der Waals surface area contributed by atoms with E-state index in [1.807, 2.05) is 31.2 Å². The Bertz CT molecular complexity index is 834. The highest BCUT2D eigenvalue weighted by atomic mass is 35.5. The molecule has 3 nitrogen and oxygen atoms in total. The third kappa shape index (κ3) is 2.55.